The van der Waals surface area contributed by atoms with Crippen LogP contribution in [-0.4, -0.2) is 8.75 Å². The molecule has 0 aliphatic rings. The van der Waals surface area contributed by atoms with E-state index >= 15 is 0 Å². The lowest BCUT2D eigenvalue weighted by molar-refractivity contribution is 1.28. The number of allylic oxidation sites excluding steroid dienone is 1. The molecule has 0 bridgehead atoms. The number of benzene rings is 4. The summed E-state index contributed by atoms with van der Waals surface area (Å²) in [6.45, 7) is 7.13. The number of rotatable bonds is 5. The van der Waals surface area contributed by atoms with Gasteiger partial charge in [-0.3, -0.25) is 0 Å². The zero-order valence-corrected chi connectivity index (χ0v) is 18.8. The summed E-state index contributed by atoms with van der Waals surface area (Å²) in [5.41, 5.74) is 7.38. The van der Waals surface area contributed by atoms with Gasteiger partial charge >= 0.3 is 0 Å². The second-order valence-corrected chi connectivity index (χ2v) is 8.00. The highest BCUT2D eigenvalue weighted by Gasteiger charge is 2.14. The average molecular weight is 456 g/mol. The van der Waals surface area contributed by atoms with E-state index in [9.17, 15) is 0 Å². The monoisotopic (exact) mass is 455 g/mol. The minimum Gasteiger partial charge on any atom is -0.311 e. The Kier molecular flexibility index (Phi) is 5.82. The van der Waals surface area contributed by atoms with Gasteiger partial charge in [0.05, 0.1) is 24.4 Å². The minimum atomic E-state index is 0.0216. The van der Waals surface area contributed by atoms with E-state index in [2.05, 4.69) is 67.0 Å². The van der Waals surface area contributed by atoms with E-state index < -0.39 is 0 Å². The summed E-state index contributed by atoms with van der Waals surface area (Å²) in [6.07, 6.45) is 1.56. The Morgan fingerprint density at radius 3 is 1.97 bits per heavy atom. The van der Waals surface area contributed by atoms with Crippen LogP contribution in [0.25, 0.3) is 33.1 Å². The third-order valence-corrected chi connectivity index (χ3v) is 5.97. The molecule has 0 saturated heterocycles. The first kappa shape index (κ1) is 21.1. The molecule has 0 N–H and O–H groups in total. The molecule has 6 heteroatoms. The Morgan fingerprint density at radius 1 is 0.794 bits per heavy atom. The van der Waals surface area contributed by atoms with E-state index in [1.54, 1.807) is 6.08 Å². The van der Waals surface area contributed by atoms with Crippen molar-refractivity contribution in [1.82, 2.24) is 8.75 Å². The van der Waals surface area contributed by atoms with Crippen molar-refractivity contribution in [2.24, 2.45) is 0 Å². The van der Waals surface area contributed by atoms with Crippen molar-refractivity contribution in [3.8, 4) is 17.2 Å². The van der Waals surface area contributed by atoms with Crippen LogP contribution in [0.15, 0.2) is 103 Å². The van der Waals surface area contributed by atoms with E-state index in [-0.39, 0.29) is 5.70 Å². The summed E-state index contributed by atoms with van der Waals surface area (Å²) < 4.78 is 8.91. The van der Waals surface area contributed by atoms with Gasteiger partial charge < -0.3 is 4.90 Å². The average Bonchev–Trinajstić information content (AvgIpc) is 3.40. The van der Waals surface area contributed by atoms with Crippen molar-refractivity contribution in [2.75, 3.05) is 4.90 Å². The first-order valence-corrected chi connectivity index (χ1v) is 11.3. The number of para-hydroxylation sites is 2. The van der Waals surface area contributed by atoms with Gasteiger partial charge in [0.25, 0.3) is 5.70 Å². The van der Waals surface area contributed by atoms with Crippen LogP contribution in [0.2, 0.25) is 0 Å². The fraction of sp³-hybridized carbons (Fsp3) is 0. The van der Waals surface area contributed by atoms with Crippen molar-refractivity contribution in [3.05, 3.63) is 120 Å². The van der Waals surface area contributed by atoms with Crippen molar-refractivity contribution < 1.29 is 0 Å². The summed E-state index contributed by atoms with van der Waals surface area (Å²) in [5.74, 6) is 0. The van der Waals surface area contributed by atoms with E-state index in [4.69, 9.17) is 11.8 Å². The minimum absolute atomic E-state index is 0.0216. The lowest BCUT2D eigenvalue weighted by atomic mass is 10.0. The molecule has 5 nitrogen and oxygen atoms in total. The van der Waals surface area contributed by atoms with Crippen molar-refractivity contribution >= 4 is 45.9 Å². The molecular formula is C28H17N5S. The van der Waals surface area contributed by atoms with Gasteiger partial charge in [-0.05, 0) is 53.6 Å². The maximum Gasteiger partial charge on any atom is 0.262 e. The third-order valence-electron chi connectivity index (χ3n) is 5.44. The largest absolute Gasteiger partial charge is 0.311 e. The normalized spacial score (nSPS) is 11.1. The van der Waals surface area contributed by atoms with Gasteiger partial charge in [0.15, 0.2) is 0 Å². The van der Waals surface area contributed by atoms with Gasteiger partial charge in [-0.15, -0.1) is 0 Å². The third kappa shape index (κ3) is 4.02. The zero-order valence-electron chi connectivity index (χ0n) is 18.0. The van der Waals surface area contributed by atoms with Gasteiger partial charge in [0.2, 0.25) is 0 Å². The van der Waals surface area contributed by atoms with E-state index in [1.807, 2.05) is 54.6 Å². The zero-order chi connectivity index (χ0) is 23.3. The highest BCUT2D eigenvalue weighted by molar-refractivity contribution is 7.00. The Hall–Kier alpha value is -4.78. The van der Waals surface area contributed by atoms with Crippen LogP contribution in [0.5, 0.6) is 0 Å². The maximum absolute atomic E-state index is 9.11. The van der Waals surface area contributed by atoms with E-state index in [0.29, 0.717) is 5.52 Å². The van der Waals surface area contributed by atoms with Crippen LogP contribution in [0.4, 0.5) is 17.1 Å². The van der Waals surface area contributed by atoms with Crippen LogP contribution >= 0.6 is 11.7 Å². The van der Waals surface area contributed by atoms with Crippen molar-refractivity contribution in [1.29, 1.82) is 5.26 Å². The summed E-state index contributed by atoms with van der Waals surface area (Å²) in [5, 5.41) is 9.11. The molecule has 1 heterocycles. The molecule has 0 fully saturated rings. The number of aromatic nitrogens is 2. The molecule has 0 aliphatic carbocycles. The number of nitrogens with zero attached hydrogens (tertiary/aromatic N) is 5. The highest BCUT2D eigenvalue weighted by atomic mass is 32.1. The van der Waals surface area contributed by atoms with Gasteiger partial charge in [-0.2, -0.15) is 8.75 Å². The van der Waals surface area contributed by atoms with Crippen molar-refractivity contribution in [3.63, 3.8) is 0 Å². The van der Waals surface area contributed by atoms with E-state index in [1.165, 1.54) is 0 Å². The number of hydrogen-bond acceptors (Lipinski definition) is 5. The first-order chi connectivity index (χ1) is 16.8. The molecule has 0 saturated carbocycles. The molecule has 0 amide bonds. The number of nitriles is 1. The fourth-order valence-electron chi connectivity index (χ4n) is 3.86. The van der Waals surface area contributed by atoms with Crippen molar-refractivity contribution in [2.45, 2.75) is 0 Å². The first-order valence-electron chi connectivity index (χ1n) is 10.5. The molecule has 1 aromatic heterocycles. The summed E-state index contributed by atoms with van der Waals surface area (Å²) in [6, 6.07) is 34.7. The van der Waals surface area contributed by atoms with Crippen LogP contribution < -0.4 is 4.90 Å². The molecule has 5 rings (SSSR count). The van der Waals surface area contributed by atoms with Gasteiger partial charge in [-0.25, -0.2) is 10.1 Å². The molecule has 160 valence electrons. The second-order valence-electron chi connectivity index (χ2n) is 7.47. The molecule has 0 radical (unpaired) electrons. The summed E-state index contributed by atoms with van der Waals surface area (Å²) in [4.78, 5) is 5.46. The standard InChI is InChI=1S/C28H17N5S/c1-30-22(19-29)18-21-14-17-26(28-27(21)31-34-32-28)20-12-15-25(16-13-20)33(23-8-4-2-5-9-23)24-10-6-3-7-11-24/h2-18H/b22-18-. The van der Waals surface area contributed by atoms with Gasteiger partial charge in [0.1, 0.15) is 11.0 Å². The predicted molar refractivity (Wildman–Crippen MR) is 138 cm³/mol. The second kappa shape index (κ2) is 9.38. The maximum atomic E-state index is 9.11. The molecule has 0 unspecified atom stereocenters. The Balaban J connectivity index is 1.56. The number of hydrogen-bond donors (Lipinski definition) is 0. The topological polar surface area (TPSA) is 57.2 Å². The lowest BCUT2D eigenvalue weighted by Crippen LogP contribution is -2.09. The Morgan fingerprint density at radius 2 is 1.38 bits per heavy atom. The quantitative estimate of drug-likeness (QED) is 0.202. The van der Waals surface area contributed by atoms with Crippen LogP contribution in [0.1, 0.15) is 5.56 Å². The predicted octanol–water partition coefficient (Wildman–Crippen LogP) is 7.61. The van der Waals surface area contributed by atoms with Crippen LogP contribution in [-0.2, 0) is 0 Å². The number of anilines is 3. The molecule has 4 aromatic carbocycles. The molecule has 34 heavy (non-hydrogen) atoms. The van der Waals surface area contributed by atoms with E-state index in [0.717, 1.165) is 51.0 Å². The lowest BCUT2D eigenvalue weighted by Gasteiger charge is -2.25. The Bertz CT molecular complexity index is 1500. The summed E-state index contributed by atoms with van der Waals surface area (Å²) in [7, 11) is 0. The molecule has 0 spiro atoms. The molecule has 0 atom stereocenters. The number of fused-ring (bicyclic) bond motifs is 1. The molecule has 0 aliphatic heterocycles. The van der Waals surface area contributed by atoms with Crippen LogP contribution in [0.3, 0.4) is 0 Å². The Labute approximate surface area is 201 Å². The highest BCUT2D eigenvalue weighted by Crippen LogP contribution is 2.36. The smallest absolute Gasteiger partial charge is 0.262 e. The molecule has 5 aromatic rings. The fourth-order valence-corrected chi connectivity index (χ4v) is 4.44. The van der Waals surface area contributed by atoms with Crippen LogP contribution in [0, 0.1) is 17.9 Å². The van der Waals surface area contributed by atoms with Gasteiger partial charge in [0, 0.05) is 22.6 Å². The SMILES string of the molecule is [C-]#[N+]/C(C#N)=C\c1ccc(-c2ccc(N(c3ccccc3)c3ccccc3)cc2)c2nsnc12. The summed E-state index contributed by atoms with van der Waals surface area (Å²) >= 11 is 1.12. The molecular weight excluding hydrogens is 438 g/mol. The van der Waals surface area contributed by atoms with Gasteiger partial charge in [-0.1, -0.05) is 60.7 Å².